The zero-order chi connectivity index (χ0) is 16.8. The Morgan fingerprint density at radius 2 is 2.21 bits per heavy atom. The molecule has 1 fully saturated rings. The Bertz CT molecular complexity index is 614. The third-order valence-electron chi connectivity index (χ3n) is 4.52. The third-order valence-corrected chi connectivity index (χ3v) is 4.52. The van der Waals surface area contributed by atoms with Crippen molar-refractivity contribution >= 4 is 0 Å². The molecule has 3 atom stereocenters. The Morgan fingerprint density at radius 1 is 1.38 bits per heavy atom. The first-order valence-corrected chi connectivity index (χ1v) is 8.65. The highest BCUT2D eigenvalue weighted by Gasteiger charge is 2.30. The van der Waals surface area contributed by atoms with Gasteiger partial charge in [0, 0.05) is 44.6 Å². The number of methoxy groups -OCH3 is 1. The lowest BCUT2D eigenvalue weighted by Gasteiger charge is -2.35. The summed E-state index contributed by atoms with van der Waals surface area (Å²) in [7, 11) is 3.70. The third kappa shape index (κ3) is 4.44. The molecule has 0 amide bonds. The van der Waals surface area contributed by atoms with E-state index in [1.165, 1.54) is 5.56 Å². The van der Waals surface area contributed by atoms with E-state index in [1.54, 1.807) is 7.11 Å². The second kappa shape index (κ2) is 8.42. The van der Waals surface area contributed by atoms with E-state index in [0.717, 1.165) is 31.4 Å². The average molecular weight is 329 g/mol. The van der Waals surface area contributed by atoms with Crippen LogP contribution in [0.5, 0.6) is 0 Å². The maximum Gasteiger partial charge on any atom is 0.101 e. The minimum atomic E-state index is 0.0579. The summed E-state index contributed by atoms with van der Waals surface area (Å²) < 4.78 is 13.3. The standard InChI is InChI=1S/C19H27N3O2/c1-22-13-16(12-20-22)19-18(9-6-10-24-19)21-17(14-23-2)11-15-7-4-3-5-8-15/h3-5,7-8,12-13,17-19,21H,6,9-11,14H2,1-2H3/t17?,18-,19+/m0/s1. The van der Waals surface area contributed by atoms with Crippen molar-refractivity contribution in [2.45, 2.75) is 37.5 Å². The molecule has 2 heterocycles. The highest BCUT2D eigenvalue weighted by molar-refractivity contribution is 5.17. The molecule has 1 N–H and O–H groups in total. The van der Waals surface area contributed by atoms with Gasteiger partial charge >= 0.3 is 0 Å². The molecule has 1 saturated heterocycles. The van der Waals surface area contributed by atoms with Crippen LogP contribution in [0.15, 0.2) is 42.7 Å². The number of nitrogens with zero attached hydrogens (tertiary/aromatic N) is 2. The molecule has 1 aromatic carbocycles. The Morgan fingerprint density at radius 3 is 2.92 bits per heavy atom. The number of aromatic nitrogens is 2. The first kappa shape index (κ1) is 17.1. The molecular formula is C19H27N3O2. The van der Waals surface area contributed by atoms with Gasteiger partial charge in [0.25, 0.3) is 0 Å². The predicted molar refractivity (Wildman–Crippen MR) is 93.9 cm³/mol. The first-order valence-electron chi connectivity index (χ1n) is 8.65. The van der Waals surface area contributed by atoms with E-state index in [0.29, 0.717) is 6.61 Å². The molecule has 0 spiro atoms. The lowest BCUT2D eigenvalue weighted by Crippen LogP contribution is -2.47. The fourth-order valence-electron chi connectivity index (χ4n) is 3.44. The van der Waals surface area contributed by atoms with Crippen molar-refractivity contribution < 1.29 is 9.47 Å². The SMILES string of the molecule is COCC(Cc1ccccc1)N[C@H]1CCCO[C@@H]1c1cnn(C)c1. The molecule has 0 bridgehead atoms. The van der Waals surface area contributed by atoms with Gasteiger partial charge in [-0.2, -0.15) is 5.10 Å². The molecule has 5 heteroatoms. The Balaban J connectivity index is 1.69. The summed E-state index contributed by atoms with van der Waals surface area (Å²) in [6.07, 6.45) is 7.15. The number of benzene rings is 1. The van der Waals surface area contributed by atoms with Crippen LogP contribution in [0.4, 0.5) is 0 Å². The highest BCUT2D eigenvalue weighted by Crippen LogP contribution is 2.28. The first-order chi connectivity index (χ1) is 11.8. The molecule has 0 saturated carbocycles. The van der Waals surface area contributed by atoms with Gasteiger partial charge in [0.1, 0.15) is 6.10 Å². The molecule has 1 aromatic heterocycles. The fourth-order valence-corrected chi connectivity index (χ4v) is 3.44. The maximum absolute atomic E-state index is 6.06. The van der Waals surface area contributed by atoms with Gasteiger partial charge in [0.2, 0.25) is 0 Å². The predicted octanol–water partition coefficient (Wildman–Crippen LogP) is 2.49. The van der Waals surface area contributed by atoms with Crippen LogP contribution in [-0.4, -0.2) is 42.2 Å². The van der Waals surface area contributed by atoms with Crippen molar-refractivity contribution in [2.24, 2.45) is 7.05 Å². The van der Waals surface area contributed by atoms with Gasteiger partial charge in [-0.15, -0.1) is 0 Å². The van der Waals surface area contributed by atoms with Crippen LogP contribution in [0.2, 0.25) is 0 Å². The molecular weight excluding hydrogens is 302 g/mol. The van der Waals surface area contributed by atoms with Crippen LogP contribution in [0.1, 0.15) is 30.1 Å². The van der Waals surface area contributed by atoms with Crippen LogP contribution in [-0.2, 0) is 22.9 Å². The molecule has 0 radical (unpaired) electrons. The summed E-state index contributed by atoms with van der Waals surface area (Å²) in [5, 5.41) is 8.07. The molecule has 0 aliphatic carbocycles. The van der Waals surface area contributed by atoms with Crippen molar-refractivity contribution in [1.82, 2.24) is 15.1 Å². The second-order valence-corrected chi connectivity index (χ2v) is 6.50. The van der Waals surface area contributed by atoms with Gasteiger partial charge in [0.05, 0.1) is 12.8 Å². The molecule has 130 valence electrons. The summed E-state index contributed by atoms with van der Waals surface area (Å²) in [4.78, 5) is 0. The highest BCUT2D eigenvalue weighted by atomic mass is 16.5. The fraction of sp³-hybridized carbons (Fsp3) is 0.526. The van der Waals surface area contributed by atoms with Crippen molar-refractivity contribution in [3.63, 3.8) is 0 Å². The number of hydrogen-bond acceptors (Lipinski definition) is 4. The molecule has 5 nitrogen and oxygen atoms in total. The van der Waals surface area contributed by atoms with Crippen molar-refractivity contribution in [3.8, 4) is 0 Å². The van der Waals surface area contributed by atoms with Gasteiger partial charge in [-0.1, -0.05) is 30.3 Å². The van der Waals surface area contributed by atoms with Crippen LogP contribution in [0, 0.1) is 0 Å². The topological polar surface area (TPSA) is 48.3 Å². The number of rotatable bonds is 7. The van der Waals surface area contributed by atoms with Crippen LogP contribution in [0.3, 0.4) is 0 Å². The average Bonchev–Trinajstić information content (AvgIpc) is 3.03. The van der Waals surface area contributed by atoms with Crippen molar-refractivity contribution in [1.29, 1.82) is 0 Å². The molecule has 1 aliphatic rings. The van der Waals surface area contributed by atoms with E-state index in [4.69, 9.17) is 9.47 Å². The van der Waals surface area contributed by atoms with E-state index in [1.807, 2.05) is 24.1 Å². The number of nitrogens with one attached hydrogen (secondary N) is 1. The summed E-state index contributed by atoms with van der Waals surface area (Å²) in [5.74, 6) is 0. The Hall–Kier alpha value is -1.69. The van der Waals surface area contributed by atoms with Gasteiger partial charge < -0.3 is 14.8 Å². The summed E-state index contributed by atoms with van der Waals surface area (Å²) in [6, 6.07) is 11.1. The van der Waals surface area contributed by atoms with Gasteiger partial charge in [-0.25, -0.2) is 0 Å². The molecule has 24 heavy (non-hydrogen) atoms. The molecule has 2 aromatic rings. The lowest BCUT2D eigenvalue weighted by atomic mass is 9.96. The number of aryl methyl sites for hydroxylation is 1. The van der Waals surface area contributed by atoms with E-state index in [9.17, 15) is 0 Å². The van der Waals surface area contributed by atoms with Crippen LogP contribution in [0.25, 0.3) is 0 Å². The minimum Gasteiger partial charge on any atom is -0.383 e. The normalized spacial score (nSPS) is 22.4. The van der Waals surface area contributed by atoms with E-state index < -0.39 is 0 Å². The largest absolute Gasteiger partial charge is 0.383 e. The Kier molecular flexibility index (Phi) is 6.01. The zero-order valence-electron chi connectivity index (χ0n) is 14.5. The van der Waals surface area contributed by atoms with Crippen molar-refractivity contribution in [3.05, 3.63) is 53.9 Å². The molecule has 1 aliphatic heterocycles. The van der Waals surface area contributed by atoms with Crippen LogP contribution >= 0.6 is 0 Å². The van der Waals surface area contributed by atoms with Gasteiger partial charge in [0.15, 0.2) is 0 Å². The summed E-state index contributed by atoms with van der Waals surface area (Å²) >= 11 is 0. The smallest absolute Gasteiger partial charge is 0.101 e. The van der Waals surface area contributed by atoms with E-state index in [2.05, 4.69) is 40.7 Å². The second-order valence-electron chi connectivity index (χ2n) is 6.50. The monoisotopic (exact) mass is 329 g/mol. The zero-order valence-corrected chi connectivity index (χ0v) is 14.5. The van der Waals surface area contributed by atoms with Crippen LogP contribution < -0.4 is 5.32 Å². The molecule has 3 rings (SSSR count). The lowest BCUT2D eigenvalue weighted by molar-refractivity contribution is -0.0168. The Labute approximate surface area is 144 Å². The number of ether oxygens (including phenoxy) is 2. The maximum atomic E-state index is 6.06. The van der Waals surface area contributed by atoms with Gasteiger partial charge in [-0.05, 0) is 24.8 Å². The van der Waals surface area contributed by atoms with E-state index >= 15 is 0 Å². The minimum absolute atomic E-state index is 0.0579. The van der Waals surface area contributed by atoms with E-state index in [-0.39, 0.29) is 18.2 Å². The summed E-state index contributed by atoms with van der Waals surface area (Å²) in [5.41, 5.74) is 2.47. The van der Waals surface area contributed by atoms with Crippen molar-refractivity contribution in [2.75, 3.05) is 20.3 Å². The quantitative estimate of drug-likeness (QED) is 0.848. The number of hydrogen-bond donors (Lipinski definition) is 1. The van der Waals surface area contributed by atoms with Gasteiger partial charge in [-0.3, -0.25) is 4.68 Å². The summed E-state index contributed by atoms with van der Waals surface area (Å²) in [6.45, 7) is 1.50. The molecule has 1 unspecified atom stereocenters.